The molecule has 0 fully saturated rings. The lowest BCUT2D eigenvalue weighted by Gasteiger charge is -2.05. The summed E-state index contributed by atoms with van der Waals surface area (Å²) in [5.41, 5.74) is 2.26. The number of benzene rings is 3. The third kappa shape index (κ3) is 3.96. The van der Waals surface area contributed by atoms with Gasteiger partial charge in [-0.05, 0) is 24.3 Å². The lowest BCUT2D eigenvalue weighted by Crippen LogP contribution is -2.01. The SMILES string of the molecule is O=C(c1ccccc1)c1ccc(OCc2ncc(-c3ccccc3)o2)cc1. The molecule has 3 aromatic carbocycles. The van der Waals surface area contributed by atoms with E-state index in [0.29, 0.717) is 28.5 Å². The maximum absolute atomic E-state index is 12.4. The normalized spacial score (nSPS) is 10.5. The lowest BCUT2D eigenvalue weighted by molar-refractivity contribution is 0.103. The molecule has 0 bridgehead atoms. The molecule has 0 saturated heterocycles. The van der Waals surface area contributed by atoms with E-state index in [9.17, 15) is 4.79 Å². The van der Waals surface area contributed by atoms with Gasteiger partial charge in [0, 0.05) is 16.7 Å². The van der Waals surface area contributed by atoms with Crippen molar-refractivity contribution in [1.29, 1.82) is 0 Å². The predicted octanol–water partition coefficient (Wildman–Crippen LogP) is 5.15. The molecule has 0 unspecified atom stereocenters. The van der Waals surface area contributed by atoms with E-state index in [2.05, 4.69) is 4.98 Å². The highest BCUT2D eigenvalue weighted by molar-refractivity contribution is 6.08. The Hall–Kier alpha value is -3.66. The summed E-state index contributed by atoms with van der Waals surface area (Å²) >= 11 is 0. The number of carbonyl (C=O) groups excluding carboxylic acids is 1. The van der Waals surface area contributed by atoms with Crippen LogP contribution in [0, 0.1) is 0 Å². The standard InChI is InChI=1S/C23H17NO3/c25-23(18-9-5-2-6-10-18)19-11-13-20(14-12-19)26-16-22-24-15-21(27-22)17-7-3-1-4-8-17/h1-15H,16H2. The Morgan fingerprint density at radius 1 is 0.815 bits per heavy atom. The maximum atomic E-state index is 12.4. The fourth-order valence-electron chi connectivity index (χ4n) is 2.72. The molecule has 4 nitrogen and oxygen atoms in total. The summed E-state index contributed by atoms with van der Waals surface area (Å²) < 4.78 is 11.4. The molecule has 4 aromatic rings. The van der Waals surface area contributed by atoms with Crippen molar-refractivity contribution in [2.45, 2.75) is 6.61 Å². The van der Waals surface area contributed by atoms with Crippen molar-refractivity contribution in [2.75, 3.05) is 0 Å². The van der Waals surface area contributed by atoms with E-state index < -0.39 is 0 Å². The van der Waals surface area contributed by atoms with E-state index in [1.54, 1.807) is 42.6 Å². The molecule has 4 heteroatoms. The van der Waals surface area contributed by atoms with Crippen molar-refractivity contribution in [3.63, 3.8) is 0 Å². The van der Waals surface area contributed by atoms with Crippen LogP contribution in [0.3, 0.4) is 0 Å². The lowest BCUT2D eigenvalue weighted by atomic mass is 10.0. The third-order valence-electron chi connectivity index (χ3n) is 4.13. The van der Waals surface area contributed by atoms with Gasteiger partial charge < -0.3 is 9.15 Å². The number of rotatable bonds is 6. The van der Waals surface area contributed by atoms with Crippen molar-refractivity contribution in [3.8, 4) is 17.1 Å². The van der Waals surface area contributed by atoms with E-state index in [4.69, 9.17) is 9.15 Å². The highest BCUT2D eigenvalue weighted by Crippen LogP contribution is 2.21. The second kappa shape index (κ2) is 7.70. The summed E-state index contributed by atoms with van der Waals surface area (Å²) in [5.74, 6) is 1.85. The minimum absolute atomic E-state index is 0.0117. The average Bonchev–Trinajstić information content (AvgIpc) is 3.22. The number of hydrogen-bond donors (Lipinski definition) is 0. The molecular formula is C23H17NO3. The summed E-state index contributed by atoms with van der Waals surface area (Å²) in [5, 5.41) is 0. The third-order valence-corrected chi connectivity index (χ3v) is 4.13. The molecule has 0 aliphatic rings. The van der Waals surface area contributed by atoms with Crippen molar-refractivity contribution in [3.05, 3.63) is 108 Å². The number of nitrogens with zero attached hydrogens (tertiary/aromatic N) is 1. The van der Waals surface area contributed by atoms with Crippen molar-refractivity contribution in [2.24, 2.45) is 0 Å². The van der Waals surface area contributed by atoms with Crippen LogP contribution < -0.4 is 4.74 Å². The summed E-state index contributed by atoms with van der Waals surface area (Å²) in [6.45, 7) is 0.221. The van der Waals surface area contributed by atoms with Gasteiger partial charge in [0.15, 0.2) is 18.2 Å². The van der Waals surface area contributed by atoms with Crippen LogP contribution in [0.5, 0.6) is 5.75 Å². The molecule has 0 atom stereocenters. The number of aromatic nitrogens is 1. The Morgan fingerprint density at radius 2 is 1.44 bits per heavy atom. The fraction of sp³-hybridized carbons (Fsp3) is 0.0435. The molecule has 1 aromatic heterocycles. The van der Waals surface area contributed by atoms with Crippen LogP contribution in [0.2, 0.25) is 0 Å². The van der Waals surface area contributed by atoms with Crippen LogP contribution >= 0.6 is 0 Å². The van der Waals surface area contributed by atoms with Crippen molar-refractivity contribution < 1.29 is 13.9 Å². The van der Waals surface area contributed by atoms with Gasteiger partial charge in [0.2, 0.25) is 5.89 Å². The molecule has 0 aliphatic heterocycles. The van der Waals surface area contributed by atoms with E-state index in [1.807, 2.05) is 48.5 Å². The first-order valence-corrected chi connectivity index (χ1v) is 8.62. The van der Waals surface area contributed by atoms with Gasteiger partial charge in [-0.3, -0.25) is 4.79 Å². The average molecular weight is 355 g/mol. The molecule has 1 heterocycles. The predicted molar refractivity (Wildman–Crippen MR) is 103 cm³/mol. The zero-order valence-electron chi connectivity index (χ0n) is 14.5. The van der Waals surface area contributed by atoms with Crippen molar-refractivity contribution in [1.82, 2.24) is 4.98 Å². The molecule has 132 valence electrons. The molecule has 0 spiro atoms. The number of oxazole rings is 1. The van der Waals surface area contributed by atoms with Gasteiger partial charge in [0.05, 0.1) is 6.20 Å². The van der Waals surface area contributed by atoms with E-state index in [-0.39, 0.29) is 12.4 Å². The summed E-state index contributed by atoms with van der Waals surface area (Å²) in [4.78, 5) is 16.7. The summed E-state index contributed by atoms with van der Waals surface area (Å²) in [6, 6.07) is 26.1. The van der Waals surface area contributed by atoms with Crippen LogP contribution in [-0.4, -0.2) is 10.8 Å². The van der Waals surface area contributed by atoms with Crippen LogP contribution in [0.15, 0.2) is 95.5 Å². The summed E-state index contributed by atoms with van der Waals surface area (Å²) in [6.07, 6.45) is 1.69. The van der Waals surface area contributed by atoms with Gasteiger partial charge in [-0.25, -0.2) is 4.98 Å². The topological polar surface area (TPSA) is 52.3 Å². The first-order chi connectivity index (χ1) is 13.3. The smallest absolute Gasteiger partial charge is 0.232 e. The van der Waals surface area contributed by atoms with Gasteiger partial charge in [0.1, 0.15) is 5.75 Å². The Morgan fingerprint density at radius 3 is 2.15 bits per heavy atom. The molecule has 0 N–H and O–H groups in total. The Kier molecular flexibility index (Phi) is 4.79. The largest absolute Gasteiger partial charge is 0.484 e. The van der Waals surface area contributed by atoms with Gasteiger partial charge in [-0.1, -0.05) is 60.7 Å². The highest BCUT2D eigenvalue weighted by Gasteiger charge is 2.09. The molecule has 0 aliphatic carbocycles. The van der Waals surface area contributed by atoms with E-state index in [0.717, 1.165) is 5.56 Å². The minimum atomic E-state index is -0.0117. The minimum Gasteiger partial charge on any atom is -0.484 e. The van der Waals surface area contributed by atoms with Crippen LogP contribution in [-0.2, 0) is 6.61 Å². The second-order valence-electron chi connectivity index (χ2n) is 5.99. The first-order valence-electron chi connectivity index (χ1n) is 8.62. The number of ether oxygens (including phenoxy) is 1. The van der Waals surface area contributed by atoms with Crippen molar-refractivity contribution >= 4 is 5.78 Å². The number of ketones is 1. The molecule has 0 radical (unpaired) electrons. The summed E-state index contributed by atoms with van der Waals surface area (Å²) in [7, 11) is 0. The fourth-order valence-corrected chi connectivity index (χ4v) is 2.72. The van der Waals surface area contributed by atoms with E-state index in [1.165, 1.54) is 0 Å². The quantitative estimate of drug-likeness (QED) is 0.449. The monoisotopic (exact) mass is 355 g/mol. The first kappa shape index (κ1) is 16.8. The molecule has 0 amide bonds. The zero-order valence-corrected chi connectivity index (χ0v) is 14.5. The van der Waals surface area contributed by atoms with Crippen LogP contribution in [0.1, 0.15) is 21.8 Å². The van der Waals surface area contributed by atoms with Crippen LogP contribution in [0.25, 0.3) is 11.3 Å². The van der Waals surface area contributed by atoms with Gasteiger partial charge in [-0.2, -0.15) is 0 Å². The highest BCUT2D eigenvalue weighted by atomic mass is 16.5. The number of carbonyl (C=O) groups is 1. The Balaban J connectivity index is 1.39. The van der Waals surface area contributed by atoms with Gasteiger partial charge in [0.25, 0.3) is 0 Å². The Labute approximate surface area is 157 Å². The van der Waals surface area contributed by atoms with E-state index >= 15 is 0 Å². The maximum Gasteiger partial charge on any atom is 0.232 e. The second-order valence-corrected chi connectivity index (χ2v) is 5.99. The van der Waals surface area contributed by atoms with Gasteiger partial charge >= 0.3 is 0 Å². The molecule has 4 rings (SSSR count). The molecule has 0 saturated carbocycles. The van der Waals surface area contributed by atoms with Crippen LogP contribution in [0.4, 0.5) is 0 Å². The number of hydrogen-bond acceptors (Lipinski definition) is 4. The Bertz CT molecular complexity index is 1020. The zero-order chi connectivity index (χ0) is 18.5. The van der Waals surface area contributed by atoms with Gasteiger partial charge in [-0.15, -0.1) is 0 Å². The molecular weight excluding hydrogens is 338 g/mol. The molecule has 27 heavy (non-hydrogen) atoms.